The summed E-state index contributed by atoms with van der Waals surface area (Å²) in [6.07, 6.45) is 3.15. The summed E-state index contributed by atoms with van der Waals surface area (Å²) in [6.45, 7) is 5.07. The van der Waals surface area contributed by atoms with Crippen LogP contribution in [0.5, 0.6) is 0 Å². The first-order valence-electron chi connectivity index (χ1n) is 8.53. The van der Waals surface area contributed by atoms with Gasteiger partial charge in [-0.1, -0.05) is 55.8 Å². The summed E-state index contributed by atoms with van der Waals surface area (Å²) in [6, 6.07) is 15.0. The Bertz CT molecular complexity index is 831. The summed E-state index contributed by atoms with van der Waals surface area (Å²) < 4.78 is 2.14. The summed E-state index contributed by atoms with van der Waals surface area (Å²) in [5, 5.41) is 2.01. The second kappa shape index (κ2) is 7.00. The number of hydrogen-bond acceptors (Lipinski definition) is 1. The van der Waals surface area contributed by atoms with E-state index in [0.29, 0.717) is 18.4 Å². The number of nitrogens with zero attached hydrogens (tertiary/aromatic N) is 1. The molecule has 3 rings (SSSR count). The first-order valence-corrected chi connectivity index (χ1v) is 8.90. The van der Waals surface area contributed by atoms with Gasteiger partial charge in [-0.2, -0.15) is 0 Å². The standard InChI is InChI=1S/C21H25ClN2/c1-14(2)16-6-4-15(5-7-16)10-17(12-23)20-13-24(3)21-11-18(22)8-9-19(20)21/h4-9,11,13-14,17H,10,12,23H2,1-3H3. The Morgan fingerprint density at radius 2 is 1.79 bits per heavy atom. The zero-order chi connectivity index (χ0) is 17.3. The quantitative estimate of drug-likeness (QED) is 0.676. The van der Waals surface area contributed by atoms with Crippen molar-refractivity contribution < 1.29 is 0 Å². The van der Waals surface area contributed by atoms with Gasteiger partial charge in [-0.25, -0.2) is 0 Å². The maximum absolute atomic E-state index is 6.15. The molecule has 3 aromatic rings. The van der Waals surface area contributed by atoms with Crippen molar-refractivity contribution in [3.63, 3.8) is 0 Å². The molecule has 0 amide bonds. The Balaban J connectivity index is 1.92. The molecule has 3 heteroatoms. The fraction of sp³-hybridized carbons (Fsp3) is 0.333. The van der Waals surface area contributed by atoms with Gasteiger partial charge in [0.2, 0.25) is 0 Å². The highest BCUT2D eigenvalue weighted by Crippen LogP contribution is 2.31. The summed E-state index contributed by atoms with van der Waals surface area (Å²) >= 11 is 6.15. The fourth-order valence-corrected chi connectivity index (χ4v) is 3.52. The third-order valence-electron chi connectivity index (χ3n) is 4.84. The van der Waals surface area contributed by atoms with Crippen molar-refractivity contribution in [2.75, 3.05) is 6.54 Å². The van der Waals surface area contributed by atoms with E-state index in [1.54, 1.807) is 0 Å². The first kappa shape index (κ1) is 17.1. The molecule has 24 heavy (non-hydrogen) atoms. The molecule has 0 bridgehead atoms. The largest absolute Gasteiger partial charge is 0.350 e. The zero-order valence-electron chi connectivity index (χ0n) is 14.6. The molecule has 0 spiro atoms. The third-order valence-corrected chi connectivity index (χ3v) is 5.07. The van der Waals surface area contributed by atoms with E-state index in [-0.39, 0.29) is 0 Å². The predicted octanol–water partition coefficient (Wildman–Crippen LogP) is 5.24. The monoisotopic (exact) mass is 340 g/mol. The van der Waals surface area contributed by atoms with Crippen LogP contribution < -0.4 is 5.73 Å². The highest BCUT2D eigenvalue weighted by atomic mass is 35.5. The molecule has 0 saturated carbocycles. The van der Waals surface area contributed by atoms with Gasteiger partial charge in [0.25, 0.3) is 0 Å². The van der Waals surface area contributed by atoms with Gasteiger partial charge < -0.3 is 10.3 Å². The van der Waals surface area contributed by atoms with Crippen LogP contribution in [0.2, 0.25) is 5.02 Å². The lowest BCUT2D eigenvalue weighted by atomic mass is 9.91. The molecular formula is C21H25ClN2. The van der Waals surface area contributed by atoms with Crippen molar-refractivity contribution in [3.05, 3.63) is 70.4 Å². The van der Waals surface area contributed by atoms with Crippen molar-refractivity contribution in [1.29, 1.82) is 0 Å². The first-order chi connectivity index (χ1) is 11.5. The average molecular weight is 341 g/mol. The molecule has 1 aromatic heterocycles. The van der Waals surface area contributed by atoms with E-state index in [2.05, 4.69) is 62.0 Å². The molecule has 2 aromatic carbocycles. The van der Waals surface area contributed by atoms with Crippen molar-refractivity contribution >= 4 is 22.5 Å². The minimum Gasteiger partial charge on any atom is -0.350 e. The van der Waals surface area contributed by atoms with Crippen LogP contribution in [0, 0.1) is 0 Å². The van der Waals surface area contributed by atoms with Gasteiger partial charge in [0, 0.05) is 35.1 Å². The Kier molecular flexibility index (Phi) is 4.98. The molecule has 1 unspecified atom stereocenters. The molecule has 126 valence electrons. The van der Waals surface area contributed by atoms with E-state index in [4.69, 9.17) is 17.3 Å². The van der Waals surface area contributed by atoms with Crippen molar-refractivity contribution in [1.82, 2.24) is 4.57 Å². The van der Waals surface area contributed by atoms with Crippen LogP contribution in [-0.4, -0.2) is 11.1 Å². The number of halogens is 1. The normalized spacial score (nSPS) is 12.9. The fourth-order valence-electron chi connectivity index (χ4n) is 3.36. The Labute approximate surface area is 149 Å². The molecule has 0 radical (unpaired) electrons. The van der Waals surface area contributed by atoms with Crippen LogP contribution in [0.15, 0.2) is 48.7 Å². The van der Waals surface area contributed by atoms with E-state index in [1.165, 1.54) is 22.1 Å². The number of benzene rings is 2. The molecule has 0 aliphatic carbocycles. The van der Waals surface area contributed by atoms with E-state index in [0.717, 1.165) is 17.0 Å². The van der Waals surface area contributed by atoms with Crippen molar-refractivity contribution in [2.24, 2.45) is 12.8 Å². The summed E-state index contributed by atoms with van der Waals surface area (Å²) in [5.74, 6) is 0.868. The second-order valence-electron chi connectivity index (χ2n) is 6.89. The van der Waals surface area contributed by atoms with Crippen LogP contribution in [0.1, 0.15) is 42.4 Å². The van der Waals surface area contributed by atoms with Crippen LogP contribution in [0.25, 0.3) is 10.9 Å². The topological polar surface area (TPSA) is 30.9 Å². The van der Waals surface area contributed by atoms with Crippen LogP contribution in [-0.2, 0) is 13.5 Å². The van der Waals surface area contributed by atoms with Crippen LogP contribution >= 0.6 is 11.6 Å². The van der Waals surface area contributed by atoms with E-state index >= 15 is 0 Å². The molecule has 0 fully saturated rings. The minimum atomic E-state index is 0.305. The zero-order valence-corrected chi connectivity index (χ0v) is 15.3. The van der Waals surface area contributed by atoms with Gasteiger partial charge in [0.05, 0.1) is 0 Å². The second-order valence-corrected chi connectivity index (χ2v) is 7.33. The number of aryl methyl sites for hydroxylation is 1. The van der Waals surface area contributed by atoms with Crippen LogP contribution in [0.3, 0.4) is 0 Å². The van der Waals surface area contributed by atoms with Gasteiger partial charge in [-0.15, -0.1) is 0 Å². The Morgan fingerprint density at radius 1 is 1.08 bits per heavy atom. The lowest BCUT2D eigenvalue weighted by molar-refractivity contribution is 0.695. The average Bonchev–Trinajstić information content (AvgIpc) is 2.89. The lowest BCUT2D eigenvalue weighted by Crippen LogP contribution is -2.15. The molecular weight excluding hydrogens is 316 g/mol. The highest BCUT2D eigenvalue weighted by Gasteiger charge is 2.17. The SMILES string of the molecule is CC(C)c1ccc(CC(CN)c2cn(C)c3cc(Cl)ccc23)cc1. The maximum atomic E-state index is 6.15. The predicted molar refractivity (Wildman–Crippen MR) is 104 cm³/mol. The lowest BCUT2D eigenvalue weighted by Gasteiger charge is -2.15. The number of nitrogens with two attached hydrogens (primary N) is 1. The number of rotatable bonds is 5. The smallest absolute Gasteiger partial charge is 0.0495 e. The van der Waals surface area contributed by atoms with E-state index in [9.17, 15) is 0 Å². The summed E-state index contributed by atoms with van der Waals surface area (Å²) in [5.41, 5.74) is 11.3. The van der Waals surface area contributed by atoms with Gasteiger partial charge in [-0.3, -0.25) is 0 Å². The van der Waals surface area contributed by atoms with Gasteiger partial charge in [0.15, 0.2) is 0 Å². The van der Waals surface area contributed by atoms with Gasteiger partial charge in [-0.05, 0) is 47.7 Å². The number of aromatic nitrogens is 1. The molecule has 1 atom stereocenters. The molecule has 2 N–H and O–H groups in total. The maximum Gasteiger partial charge on any atom is 0.0495 e. The molecule has 0 aliphatic rings. The van der Waals surface area contributed by atoms with E-state index < -0.39 is 0 Å². The number of hydrogen-bond donors (Lipinski definition) is 1. The minimum absolute atomic E-state index is 0.305. The number of fused-ring (bicyclic) bond motifs is 1. The van der Waals surface area contributed by atoms with E-state index in [1.807, 2.05) is 12.1 Å². The molecule has 0 aliphatic heterocycles. The Morgan fingerprint density at radius 3 is 2.42 bits per heavy atom. The molecule has 0 saturated heterocycles. The summed E-state index contributed by atoms with van der Waals surface area (Å²) in [7, 11) is 2.06. The summed E-state index contributed by atoms with van der Waals surface area (Å²) in [4.78, 5) is 0. The van der Waals surface area contributed by atoms with Crippen LogP contribution in [0.4, 0.5) is 0 Å². The van der Waals surface area contributed by atoms with Gasteiger partial charge >= 0.3 is 0 Å². The highest BCUT2D eigenvalue weighted by molar-refractivity contribution is 6.31. The molecule has 1 heterocycles. The Hall–Kier alpha value is -1.77. The van der Waals surface area contributed by atoms with Crippen molar-refractivity contribution in [2.45, 2.75) is 32.1 Å². The third kappa shape index (κ3) is 3.35. The van der Waals surface area contributed by atoms with Gasteiger partial charge in [0.1, 0.15) is 0 Å². The molecule has 2 nitrogen and oxygen atoms in total. The van der Waals surface area contributed by atoms with Crippen molar-refractivity contribution in [3.8, 4) is 0 Å².